The van der Waals surface area contributed by atoms with Crippen LogP contribution in [0.5, 0.6) is 11.6 Å². The lowest BCUT2D eigenvalue weighted by Gasteiger charge is -2.15. The van der Waals surface area contributed by atoms with E-state index in [1.54, 1.807) is 48.5 Å². The molecule has 0 aliphatic rings. The smallest absolute Gasteiger partial charge is 0.423 e. The van der Waals surface area contributed by atoms with Crippen LogP contribution in [0.3, 0.4) is 0 Å². The highest BCUT2D eigenvalue weighted by atomic mass is 19.4. The van der Waals surface area contributed by atoms with Gasteiger partial charge in [0.05, 0.1) is 6.10 Å². The van der Waals surface area contributed by atoms with Crippen molar-refractivity contribution in [1.82, 2.24) is 9.97 Å². The van der Waals surface area contributed by atoms with Gasteiger partial charge in [-0.1, -0.05) is 36.4 Å². The number of nitrogens with one attached hydrogen (secondary N) is 1. The van der Waals surface area contributed by atoms with E-state index in [2.05, 4.69) is 15.3 Å². The average Bonchev–Trinajstić information content (AvgIpc) is 2.66. The van der Waals surface area contributed by atoms with Gasteiger partial charge in [0, 0.05) is 18.0 Å². The molecule has 0 bridgehead atoms. The average molecular weight is 403 g/mol. The normalized spacial score (nSPS) is 11.4. The lowest BCUT2D eigenvalue weighted by atomic mass is 10.2. The molecule has 1 heterocycles. The van der Waals surface area contributed by atoms with Crippen LogP contribution in [0.4, 0.5) is 24.8 Å². The van der Waals surface area contributed by atoms with Gasteiger partial charge in [0.1, 0.15) is 17.9 Å². The van der Waals surface area contributed by atoms with Crippen LogP contribution in [0.2, 0.25) is 0 Å². The van der Waals surface area contributed by atoms with Crippen LogP contribution >= 0.6 is 0 Å². The Hall–Kier alpha value is -3.29. The zero-order valence-electron chi connectivity index (χ0n) is 15.9. The number of hydrogen-bond acceptors (Lipinski definition) is 5. The maximum absolute atomic E-state index is 13.3. The molecule has 0 aliphatic heterocycles. The highest BCUT2D eigenvalue weighted by Gasteiger charge is 2.36. The Morgan fingerprint density at radius 3 is 2.48 bits per heavy atom. The summed E-state index contributed by atoms with van der Waals surface area (Å²) >= 11 is 0. The zero-order valence-corrected chi connectivity index (χ0v) is 15.9. The second-order valence-corrected chi connectivity index (χ2v) is 6.50. The van der Waals surface area contributed by atoms with E-state index in [4.69, 9.17) is 9.47 Å². The van der Waals surface area contributed by atoms with Gasteiger partial charge in [0.25, 0.3) is 0 Å². The minimum atomic E-state index is -4.63. The van der Waals surface area contributed by atoms with E-state index >= 15 is 0 Å². The highest BCUT2D eigenvalue weighted by Crippen LogP contribution is 2.35. The summed E-state index contributed by atoms with van der Waals surface area (Å²) in [7, 11) is 0. The number of nitrogens with zero attached hydrogens (tertiary/aromatic N) is 2. The van der Waals surface area contributed by atoms with E-state index in [0.717, 1.165) is 5.56 Å². The molecule has 3 aromatic rings. The van der Waals surface area contributed by atoms with E-state index in [-0.39, 0.29) is 18.7 Å². The fraction of sp³-hybridized carbons (Fsp3) is 0.238. The van der Waals surface area contributed by atoms with Gasteiger partial charge in [0.2, 0.25) is 11.8 Å². The molecule has 5 nitrogen and oxygen atoms in total. The molecule has 0 spiro atoms. The number of anilines is 2. The van der Waals surface area contributed by atoms with Gasteiger partial charge >= 0.3 is 6.18 Å². The van der Waals surface area contributed by atoms with Crippen molar-refractivity contribution in [3.8, 4) is 11.6 Å². The quantitative estimate of drug-likeness (QED) is 0.556. The summed E-state index contributed by atoms with van der Waals surface area (Å²) in [6.07, 6.45) is -3.93. The fourth-order valence-corrected chi connectivity index (χ4v) is 2.51. The van der Waals surface area contributed by atoms with Crippen molar-refractivity contribution in [2.75, 3.05) is 5.32 Å². The Morgan fingerprint density at radius 1 is 1.03 bits per heavy atom. The number of rotatable bonds is 7. The fourth-order valence-electron chi connectivity index (χ4n) is 2.51. The molecule has 0 radical (unpaired) electrons. The number of ether oxygens (including phenoxy) is 2. The van der Waals surface area contributed by atoms with Crippen molar-refractivity contribution in [1.29, 1.82) is 0 Å². The van der Waals surface area contributed by atoms with Crippen molar-refractivity contribution < 1.29 is 22.6 Å². The molecule has 0 amide bonds. The van der Waals surface area contributed by atoms with Crippen LogP contribution in [0.25, 0.3) is 0 Å². The Kier molecular flexibility index (Phi) is 6.21. The number of halogens is 3. The Bertz CT molecular complexity index is 947. The first-order valence-electron chi connectivity index (χ1n) is 8.96. The summed E-state index contributed by atoms with van der Waals surface area (Å²) in [5.74, 6) is 0.0775. The van der Waals surface area contributed by atoms with Gasteiger partial charge < -0.3 is 14.8 Å². The van der Waals surface area contributed by atoms with Gasteiger partial charge in [-0.2, -0.15) is 18.2 Å². The molecule has 0 fully saturated rings. The highest BCUT2D eigenvalue weighted by molar-refractivity contribution is 5.56. The van der Waals surface area contributed by atoms with Crippen LogP contribution in [0.1, 0.15) is 25.0 Å². The predicted molar refractivity (Wildman–Crippen MR) is 103 cm³/mol. The second-order valence-electron chi connectivity index (χ2n) is 6.50. The summed E-state index contributed by atoms with van der Waals surface area (Å²) < 4.78 is 50.9. The van der Waals surface area contributed by atoms with Crippen LogP contribution in [0, 0.1) is 0 Å². The molecule has 0 saturated heterocycles. The molecule has 3 rings (SSSR count). The van der Waals surface area contributed by atoms with Crippen molar-refractivity contribution in [2.45, 2.75) is 32.7 Å². The van der Waals surface area contributed by atoms with E-state index in [9.17, 15) is 13.2 Å². The Morgan fingerprint density at radius 2 is 1.79 bits per heavy atom. The summed E-state index contributed by atoms with van der Waals surface area (Å²) in [5.41, 5.74) is 0.278. The third kappa shape index (κ3) is 5.84. The standard InChI is InChI=1S/C21H20F3N3O2/c1-14(2)29-17-10-6-9-16(11-17)26-20-25-12-18(21(22,23)24)19(27-20)28-13-15-7-4-3-5-8-15/h3-12,14H,13H2,1-2H3,(H,25,26,27). The summed E-state index contributed by atoms with van der Waals surface area (Å²) in [6.45, 7) is 3.75. The molecule has 1 aromatic heterocycles. The van der Waals surface area contributed by atoms with E-state index in [1.807, 2.05) is 19.9 Å². The molecular formula is C21H20F3N3O2. The summed E-state index contributed by atoms with van der Waals surface area (Å²) in [4.78, 5) is 7.72. The lowest BCUT2D eigenvalue weighted by molar-refractivity contribution is -0.139. The number of alkyl halides is 3. The maximum atomic E-state index is 13.3. The third-order valence-corrected chi connectivity index (χ3v) is 3.74. The molecule has 0 atom stereocenters. The maximum Gasteiger partial charge on any atom is 0.423 e. The molecule has 0 saturated carbocycles. The largest absolute Gasteiger partial charge is 0.491 e. The first-order valence-corrected chi connectivity index (χ1v) is 8.96. The minimum absolute atomic E-state index is 0.00874. The van der Waals surface area contributed by atoms with Crippen LogP contribution < -0.4 is 14.8 Å². The number of aromatic nitrogens is 2. The van der Waals surface area contributed by atoms with Crippen LogP contribution in [-0.2, 0) is 12.8 Å². The molecule has 0 aliphatic carbocycles. The van der Waals surface area contributed by atoms with Crippen LogP contribution in [0.15, 0.2) is 60.8 Å². The topological polar surface area (TPSA) is 56.3 Å². The molecule has 29 heavy (non-hydrogen) atoms. The SMILES string of the molecule is CC(C)Oc1cccc(Nc2ncc(C(F)(F)F)c(OCc3ccccc3)n2)c1. The monoisotopic (exact) mass is 403 g/mol. The van der Waals surface area contributed by atoms with Gasteiger partial charge in [-0.3, -0.25) is 0 Å². The second kappa shape index (κ2) is 8.81. The third-order valence-electron chi connectivity index (χ3n) is 3.74. The van der Waals surface area contributed by atoms with Crippen molar-refractivity contribution in [3.05, 3.63) is 71.9 Å². The van der Waals surface area contributed by atoms with Gasteiger partial charge in [0.15, 0.2) is 0 Å². The molecular weight excluding hydrogens is 383 g/mol. The summed E-state index contributed by atoms with van der Waals surface area (Å²) in [6, 6.07) is 15.9. The van der Waals surface area contributed by atoms with Crippen molar-refractivity contribution >= 4 is 11.6 Å². The van der Waals surface area contributed by atoms with Gasteiger partial charge in [-0.25, -0.2) is 4.98 Å². The first-order chi connectivity index (χ1) is 13.8. The molecule has 8 heteroatoms. The van der Waals surface area contributed by atoms with Gasteiger partial charge in [-0.15, -0.1) is 0 Å². The van der Waals surface area contributed by atoms with Crippen molar-refractivity contribution in [2.24, 2.45) is 0 Å². The van der Waals surface area contributed by atoms with Crippen LogP contribution in [-0.4, -0.2) is 16.1 Å². The van der Waals surface area contributed by atoms with E-state index in [0.29, 0.717) is 17.6 Å². The molecule has 2 aromatic carbocycles. The number of hydrogen-bond donors (Lipinski definition) is 1. The molecule has 0 unspecified atom stereocenters. The lowest BCUT2D eigenvalue weighted by Crippen LogP contribution is -2.12. The van der Waals surface area contributed by atoms with E-state index < -0.39 is 17.6 Å². The Labute approximate surface area is 166 Å². The van der Waals surface area contributed by atoms with Crippen molar-refractivity contribution in [3.63, 3.8) is 0 Å². The Balaban J connectivity index is 1.83. The first kappa shape index (κ1) is 20.4. The predicted octanol–water partition coefficient (Wildman–Crippen LogP) is 5.61. The minimum Gasteiger partial charge on any atom is -0.491 e. The molecule has 152 valence electrons. The van der Waals surface area contributed by atoms with Gasteiger partial charge in [-0.05, 0) is 31.5 Å². The number of benzene rings is 2. The zero-order chi connectivity index (χ0) is 20.9. The molecule has 1 N–H and O–H groups in total. The van der Waals surface area contributed by atoms with E-state index in [1.165, 1.54) is 0 Å². The summed E-state index contributed by atoms with van der Waals surface area (Å²) in [5, 5.41) is 2.89.